The smallest absolute Gasteiger partial charge is 0.165 e. The fourth-order valence-electron chi connectivity index (χ4n) is 5.33. The van der Waals surface area contributed by atoms with Gasteiger partial charge in [0.15, 0.2) is 11.6 Å². The van der Waals surface area contributed by atoms with Crippen molar-refractivity contribution >= 4 is 28.3 Å². The van der Waals surface area contributed by atoms with Crippen LogP contribution in [0.2, 0.25) is 5.02 Å². The molecule has 2 aliphatic rings. The van der Waals surface area contributed by atoms with Gasteiger partial charge in [-0.3, -0.25) is 4.90 Å². The SMILES string of the molecule is CC1CN(c2ccc(F)c(OCc3ccc(Cl)cc3F)c2)CCN1Cc1nc2cc(C#N)ncc2n1CC1CCO1. The molecule has 2 fully saturated rings. The minimum atomic E-state index is -0.502. The maximum absolute atomic E-state index is 14.6. The lowest BCUT2D eigenvalue weighted by Crippen LogP contribution is -2.51. The Hall–Kier alpha value is -3.78. The van der Waals surface area contributed by atoms with Gasteiger partial charge in [0.1, 0.15) is 30.0 Å². The summed E-state index contributed by atoms with van der Waals surface area (Å²) in [6, 6.07) is 13.1. The number of hydrogen-bond acceptors (Lipinski definition) is 7. The number of anilines is 1. The van der Waals surface area contributed by atoms with E-state index in [4.69, 9.17) is 26.1 Å². The van der Waals surface area contributed by atoms with Crippen LogP contribution in [0.15, 0.2) is 48.7 Å². The van der Waals surface area contributed by atoms with Crippen LogP contribution in [-0.4, -0.2) is 57.8 Å². The minimum Gasteiger partial charge on any atom is -0.486 e. The molecular formula is C30H29ClF2N6O2. The van der Waals surface area contributed by atoms with Crippen molar-refractivity contribution in [1.29, 1.82) is 5.26 Å². The molecule has 2 atom stereocenters. The first kappa shape index (κ1) is 27.4. The van der Waals surface area contributed by atoms with Gasteiger partial charge in [-0.2, -0.15) is 5.26 Å². The molecule has 2 unspecified atom stereocenters. The van der Waals surface area contributed by atoms with E-state index in [0.717, 1.165) is 55.2 Å². The summed E-state index contributed by atoms with van der Waals surface area (Å²) in [7, 11) is 0. The Bertz CT molecular complexity index is 1620. The number of imidazole rings is 1. The lowest BCUT2D eigenvalue weighted by atomic mass is 10.1. The predicted octanol–water partition coefficient (Wildman–Crippen LogP) is 5.31. The van der Waals surface area contributed by atoms with E-state index in [0.29, 0.717) is 29.4 Å². The van der Waals surface area contributed by atoms with Crippen molar-refractivity contribution in [1.82, 2.24) is 19.4 Å². The molecule has 11 heteroatoms. The van der Waals surface area contributed by atoms with Crippen molar-refractivity contribution < 1.29 is 18.3 Å². The maximum Gasteiger partial charge on any atom is 0.165 e. The summed E-state index contributed by atoms with van der Waals surface area (Å²) in [5, 5.41) is 9.58. The zero-order valence-corrected chi connectivity index (χ0v) is 23.3. The fraction of sp³-hybridized carbons (Fsp3) is 0.367. The summed E-state index contributed by atoms with van der Waals surface area (Å²) in [5.41, 5.74) is 3.15. The fourth-order valence-corrected chi connectivity index (χ4v) is 5.49. The van der Waals surface area contributed by atoms with E-state index in [1.54, 1.807) is 30.5 Å². The van der Waals surface area contributed by atoms with Crippen molar-refractivity contribution in [2.45, 2.75) is 45.2 Å². The molecule has 2 aromatic carbocycles. The number of ether oxygens (including phenoxy) is 2. The second-order valence-electron chi connectivity index (χ2n) is 10.5. The first-order chi connectivity index (χ1) is 19.9. The molecule has 41 heavy (non-hydrogen) atoms. The summed E-state index contributed by atoms with van der Waals surface area (Å²) in [6.45, 7) is 6.40. The highest BCUT2D eigenvalue weighted by Gasteiger charge is 2.28. The molecule has 0 amide bonds. The highest BCUT2D eigenvalue weighted by Crippen LogP contribution is 2.29. The van der Waals surface area contributed by atoms with Crippen molar-refractivity contribution in [3.8, 4) is 11.8 Å². The molecule has 212 valence electrons. The predicted molar refractivity (Wildman–Crippen MR) is 151 cm³/mol. The van der Waals surface area contributed by atoms with Crippen molar-refractivity contribution in [3.63, 3.8) is 0 Å². The summed E-state index contributed by atoms with van der Waals surface area (Å²) in [6.07, 6.45) is 2.89. The second kappa shape index (κ2) is 11.6. The van der Waals surface area contributed by atoms with Crippen LogP contribution in [0.1, 0.15) is 30.4 Å². The van der Waals surface area contributed by atoms with Gasteiger partial charge >= 0.3 is 0 Å². The van der Waals surface area contributed by atoms with E-state index in [2.05, 4.69) is 32.3 Å². The molecule has 4 aromatic rings. The third kappa shape index (κ3) is 5.84. The molecule has 2 aliphatic heterocycles. The maximum atomic E-state index is 14.6. The van der Waals surface area contributed by atoms with Gasteiger partial charge in [0.05, 0.1) is 36.4 Å². The van der Waals surface area contributed by atoms with E-state index in [-0.39, 0.29) is 24.5 Å². The molecule has 0 saturated carbocycles. The van der Waals surface area contributed by atoms with Crippen LogP contribution in [0.3, 0.4) is 0 Å². The zero-order valence-electron chi connectivity index (χ0n) is 22.6. The van der Waals surface area contributed by atoms with Crippen molar-refractivity contribution in [3.05, 3.63) is 82.4 Å². The molecule has 0 spiro atoms. The highest BCUT2D eigenvalue weighted by atomic mass is 35.5. The average molecular weight is 579 g/mol. The summed E-state index contributed by atoms with van der Waals surface area (Å²) < 4.78 is 42.3. The van der Waals surface area contributed by atoms with Crippen LogP contribution >= 0.6 is 11.6 Å². The van der Waals surface area contributed by atoms with Gasteiger partial charge in [-0.05, 0) is 37.6 Å². The zero-order chi connectivity index (χ0) is 28.5. The van der Waals surface area contributed by atoms with Gasteiger partial charge in [-0.1, -0.05) is 17.7 Å². The average Bonchev–Trinajstić information content (AvgIpc) is 3.27. The van der Waals surface area contributed by atoms with Crippen LogP contribution in [0.5, 0.6) is 5.75 Å². The standard InChI is InChI=1S/C30H29ClF2N6O2/c1-19-15-38(23-4-5-25(32)29(12-23)41-18-20-2-3-21(31)10-26(20)33)8-7-37(19)17-30-36-27-11-22(13-34)35-14-28(27)39(30)16-24-6-9-40-24/h2-5,10-12,14,19,24H,6-9,15-18H2,1H3. The molecule has 6 rings (SSSR count). The molecule has 0 radical (unpaired) electrons. The largest absolute Gasteiger partial charge is 0.486 e. The van der Waals surface area contributed by atoms with Gasteiger partial charge in [0.2, 0.25) is 0 Å². The number of hydrogen-bond donors (Lipinski definition) is 0. The molecular weight excluding hydrogens is 550 g/mol. The second-order valence-corrected chi connectivity index (χ2v) is 10.9. The van der Waals surface area contributed by atoms with Gasteiger partial charge in [-0.15, -0.1) is 0 Å². The Kier molecular flexibility index (Phi) is 7.75. The third-order valence-corrected chi connectivity index (χ3v) is 8.03. The monoisotopic (exact) mass is 578 g/mol. The number of halogens is 3. The number of piperazine rings is 1. The van der Waals surface area contributed by atoms with Gasteiger partial charge in [0.25, 0.3) is 0 Å². The first-order valence-electron chi connectivity index (χ1n) is 13.6. The van der Waals surface area contributed by atoms with Crippen LogP contribution in [-0.2, 0) is 24.4 Å². The quantitative estimate of drug-likeness (QED) is 0.280. The van der Waals surface area contributed by atoms with E-state index in [1.807, 2.05) is 0 Å². The lowest BCUT2D eigenvalue weighted by molar-refractivity contribution is -0.0592. The number of pyridine rings is 1. The number of fused-ring (bicyclic) bond motifs is 1. The molecule has 0 bridgehead atoms. The van der Waals surface area contributed by atoms with Crippen LogP contribution in [0.25, 0.3) is 11.0 Å². The van der Waals surface area contributed by atoms with Crippen molar-refractivity contribution in [2.75, 3.05) is 31.1 Å². The van der Waals surface area contributed by atoms with Gasteiger partial charge in [0, 0.05) is 60.7 Å². The number of nitriles is 1. The molecule has 4 heterocycles. The Morgan fingerprint density at radius 2 is 2.00 bits per heavy atom. The van der Waals surface area contributed by atoms with E-state index >= 15 is 0 Å². The Morgan fingerprint density at radius 1 is 1.15 bits per heavy atom. The van der Waals surface area contributed by atoms with Crippen molar-refractivity contribution in [2.24, 2.45) is 0 Å². The minimum absolute atomic E-state index is 0.0733. The Balaban J connectivity index is 1.15. The Morgan fingerprint density at radius 3 is 2.73 bits per heavy atom. The van der Waals surface area contributed by atoms with Gasteiger partial charge in [-0.25, -0.2) is 18.7 Å². The van der Waals surface area contributed by atoms with Crippen LogP contribution < -0.4 is 9.64 Å². The number of rotatable bonds is 8. The van der Waals surface area contributed by atoms with E-state index in [1.165, 1.54) is 18.2 Å². The van der Waals surface area contributed by atoms with Gasteiger partial charge < -0.3 is 18.9 Å². The normalized spacial score (nSPS) is 19.2. The molecule has 2 saturated heterocycles. The molecule has 2 aromatic heterocycles. The summed E-state index contributed by atoms with van der Waals surface area (Å²) in [4.78, 5) is 13.7. The number of benzene rings is 2. The number of nitrogens with zero attached hydrogens (tertiary/aromatic N) is 6. The molecule has 0 aliphatic carbocycles. The molecule has 0 N–H and O–H groups in total. The Labute approximate surface area is 241 Å². The van der Waals surface area contributed by atoms with E-state index < -0.39 is 11.6 Å². The van der Waals surface area contributed by atoms with E-state index in [9.17, 15) is 14.0 Å². The highest BCUT2D eigenvalue weighted by molar-refractivity contribution is 6.30. The summed E-state index contributed by atoms with van der Waals surface area (Å²) >= 11 is 5.83. The topological polar surface area (TPSA) is 79.4 Å². The van der Waals surface area contributed by atoms with Crippen LogP contribution in [0.4, 0.5) is 14.5 Å². The van der Waals surface area contributed by atoms with Crippen LogP contribution in [0, 0.1) is 23.0 Å². The first-order valence-corrected chi connectivity index (χ1v) is 14.0. The third-order valence-electron chi connectivity index (χ3n) is 7.80. The summed E-state index contributed by atoms with van der Waals surface area (Å²) in [5.74, 6) is -0.00323. The lowest BCUT2D eigenvalue weighted by Gasteiger charge is -2.41. The number of aromatic nitrogens is 3. The molecule has 8 nitrogen and oxygen atoms in total.